The summed E-state index contributed by atoms with van der Waals surface area (Å²) >= 11 is 1.30. The summed E-state index contributed by atoms with van der Waals surface area (Å²) in [4.78, 5) is 0. The molecule has 0 spiro atoms. The fraction of sp³-hybridized carbons (Fsp3) is 0.800. The van der Waals surface area contributed by atoms with Gasteiger partial charge in [0.25, 0.3) is 0 Å². The minimum absolute atomic E-state index is 0.152. The molecular weight excluding hydrogens is 230 g/mol. The third-order valence-electron chi connectivity index (χ3n) is 0.977. The quantitative estimate of drug-likeness (QED) is 0.260. The van der Waals surface area contributed by atoms with Crippen LogP contribution in [-0.4, -0.2) is 34.5 Å². The summed E-state index contributed by atoms with van der Waals surface area (Å²) in [6, 6.07) is 0.180. The Balaban J connectivity index is 0. The van der Waals surface area contributed by atoms with Gasteiger partial charge < -0.3 is 11.5 Å². The topological polar surface area (TPSA) is 150 Å². The molecule has 1 atom stereocenters. The lowest BCUT2D eigenvalue weighted by atomic mass is 10.3. The monoisotopic (exact) mass is 245 g/mol. The minimum atomic E-state index is -4.67. The molecule has 7 nitrogen and oxygen atoms in total. The van der Waals surface area contributed by atoms with Crippen molar-refractivity contribution in [3.8, 4) is 0 Å². The van der Waals surface area contributed by atoms with Crippen LogP contribution in [0.3, 0.4) is 0 Å². The van der Waals surface area contributed by atoms with Gasteiger partial charge in [-0.2, -0.15) is 8.42 Å². The summed E-state index contributed by atoms with van der Waals surface area (Å²) in [5.41, 5.74) is 10.6. The summed E-state index contributed by atoms with van der Waals surface area (Å²) in [6.07, 6.45) is 0.945. The van der Waals surface area contributed by atoms with E-state index < -0.39 is 10.4 Å². The molecule has 9 heteroatoms. The van der Waals surface area contributed by atoms with Gasteiger partial charge in [0.1, 0.15) is 0 Å². The van der Waals surface area contributed by atoms with Crippen LogP contribution in [0.5, 0.6) is 0 Å². The van der Waals surface area contributed by atoms with Crippen LogP contribution in [0.2, 0.25) is 0 Å². The van der Waals surface area contributed by atoms with Gasteiger partial charge in [-0.25, -0.2) is 0 Å². The Labute approximate surface area is 87.3 Å². The van der Waals surface area contributed by atoms with Crippen molar-refractivity contribution in [2.45, 2.75) is 19.4 Å². The lowest BCUT2D eigenvalue weighted by Gasteiger charge is -2.05. The number of rotatable bonds is 3. The van der Waals surface area contributed by atoms with Crippen LogP contribution >= 0.6 is 11.8 Å². The SMILES string of the molecule is CCC(N)CSC(=N)N.O=S(=O)(O)O. The van der Waals surface area contributed by atoms with Gasteiger partial charge in [-0.3, -0.25) is 14.5 Å². The highest BCUT2D eigenvalue weighted by Crippen LogP contribution is 2.01. The Bertz CT molecular complexity index is 246. The first-order valence-corrected chi connectivity index (χ1v) is 5.97. The van der Waals surface area contributed by atoms with E-state index in [4.69, 9.17) is 34.4 Å². The average Bonchev–Trinajstić information content (AvgIpc) is 1.96. The zero-order chi connectivity index (χ0) is 11.8. The summed E-state index contributed by atoms with van der Waals surface area (Å²) < 4.78 is 31.6. The molecule has 0 aliphatic rings. The first kappa shape index (κ1) is 16.1. The van der Waals surface area contributed by atoms with Crippen molar-refractivity contribution in [1.29, 1.82) is 5.41 Å². The zero-order valence-electron chi connectivity index (χ0n) is 7.67. The number of thioether (sulfide) groups is 1. The van der Waals surface area contributed by atoms with Crippen LogP contribution in [0.15, 0.2) is 0 Å². The third kappa shape index (κ3) is 29.9. The standard InChI is InChI=1S/C5H13N3S.H2O4S/c1-2-4(6)3-9-5(7)8;1-5(2,3)4/h4H,2-3,6H2,1H3,(H3,7,8);(H2,1,2,3,4). The third-order valence-corrected chi connectivity index (χ3v) is 1.88. The van der Waals surface area contributed by atoms with Crippen LogP contribution in [0.4, 0.5) is 0 Å². The van der Waals surface area contributed by atoms with E-state index in [0.29, 0.717) is 0 Å². The van der Waals surface area contributed by atoms with Crippen molar-refractivity contribution in [2.75, 3.05) is 5.75 Å². The van der Waals surface area contributed by atoms with E-state index in [1.807, 2.05) is 6.92 Å². The van der Waals surface area contributed by atoms with Gasteiger partial charge in [0, 0.05) is 11.8 Å². The van der Waals surface area contributed by atoms with Crippen molar-refractivity contribution in [3.05, 3.63) is 0 Å². The molecule has 86 valence electrons. The zero-order valence-corrected chi connectivity index (χ0v) is 9.31. The molecule has 0 aliphatic heterocycles. The van der Waals surface area contributed by atoms with Gasteiger partial charge in [-0.05, 0) is 6.42 Å². The van der Waals surface area contributed by atoms with Gasteiger partial charge in [-0.15, -0.1) is 0 Å². The second-order valence-corrected chi connectivity index (χ2v) is 4.25. The van der Waals surface area contributed by atoms with Gasteiger partial charge in [0.2, 0.25) is 0 Å². The van der Waals surface area contributed by atoms with Crippen molar-refractivity contribution in [3.63, 3.8) is 0 Å². The Morgan fingerprint density at radius 1 is 1.57 bits per heavy atom. The lowest BCUT2D eigenvalue weighted by Crippen LogP contribution is -2.23. The molecule has 0 fully saturated rings. The second kappa shape index (κ2) is 8.00. The maximum Gasteiger partial charge on any atom is 0.394 e. The summed E-state index contributed by atoms with van der Waals surface area (Å²) in [5.74, 6) is 0.756. The molecule has 0 aromatic heterocycles. The van der Waals surface area contributed by atoms with Crippen molar-refractivity contribution in [1.82, 2.24) is 0 Å². The van der Waals surface area contributed by atoms with Crippen LogP contribution in [0.1, 0.15) is 13.3 Å². The molecule has 0 aromatic rings. The molecule has 0 aliphatic carbocycles. The molecule has 0 rings (SSSR count). The molecule has 0 bridgehead atoms. The predicted octanol–water partition coefficient (Wildman–Crippen LogP) is -0.302. The van der Waals surface area contributed by atoms with E-state index in [1.54, 1.807) is 0 Å². The van der Waals surface area contributed by atoms with E-state index in [-0.39, 0.29) is 11.2 Å². The predicted molar refractivity (Wildman–Crippen MR) is 56.8 cm³/mol. The highest BCUT2D eigenvalue weighted by atomic mass is 32.3. The number of hydrogen-bond donors (Lipinski definition) is 5. The van der Waals surface area contributed by atoms with E-state index in [2.05, 4.69) is 0 Å². The molecule has 0 saturated heterocycles. The fourth-order valence-electron chi connectivity index (χ4n) is 0.315. The Kier molecular flexibility index (Phi) is 9.20. The minimum Gasteiger partial charge on any atom is -0.379 e. The normalized spacial score (nSPS) is 12.6. The summed E-state index contributed by atoms with van der Waals surface area (Å²) in [7, 11) is -4.67. The molecule has 0 saturated carbocycles. The molecule has 0 heterocycles. The van der Waals surface area contributed by atoms with E-state index in [1.165, 1.54) is 11.8 Å². The Morgan fingerprint density at radius 2 is 1.93 bits per heavy atom. The Hall–Kier alpha value is -0.350. The van der Waals surface area contributed by atoms with E-state index >= 15 is 0 Å². The summed E-state index contributed by atoms with van der Waals surface area (Å²) in [5, 5.41) is 7.00. The fourth-order valence-corrected chi connectivity index (χ4v) is 0.944. The molecule has 0 aromatic carbocycles. The molecule has 1 unspecified atom stereocenters. The van der Waals surface area contributed by atoms with Crippen LogP contribution in [0.25, 0.3) is 0 Å². The van der Waals surface area contributed by atoms with Gasteiger partial charge in [-0.1, -0.05) is 18.7 Å². The van der Waals surface area contributed by atoms with Crippen molar-refractivity contribution >= 4 is 27.3 Å². The largest absolute Gasteiger partial charge is 0.394 e. The molecule has 7 N–H and O–H groups in total. The second-order valence-electron chi connectivity index (χ2n) is 2.29. The first-order chi connectivity index (χ1) is 6.16. The molecule has 14 heavy (non-hydrogen) atoms. The first-order valence-electron chi connectivity index (χ1n) is 3.59. The maximum absolute atomic E-state index is 8.74. The summed E-state index contributed by atoms with van der Waals surface area (Å²) in [6.45, 7) is 2.02. The lowest BCUT2D eigenvalue weighted by molar-refractivity contribution is 0.381. The molecule has 0 radical (unpaired) electrons. The van der Waals surface area contributed by atoms with E-state index in [0.717, 1.165) is 12.2 Å². The van der Waals surface area contributed by atoms with Crippen molar-refractivity contribution < 1.29 is 17.5 Å². The van der Waals surface area contributed by atoms with Crippen LogP contribution in [-0.2, 0) is 10.4 Å². The van der Waals surface area contributed by atoms with E-state index in [9.17, 15) is 0 Å². The van der Waals surface area contributed by atoms with Gasteiger partial charge in [0.15, 0.2) is 5.17 Å². The van der Waals surface area contributed by atoms with Crippen molar-refractivity contribution in [2.24, 2.45) is 11.5 Å². The Morgan fingerprint density at radius 3 is 2.14 bits per heavy atom. The number of amidine groups is 1. The smallest absolute Gasteiger partial charge is 0.379 e. The highest BCUT2D eigenvalue weighted by Gasteiger charge is 1.98. The van der Waals surface area contributed by atoms with Gasteiger partial charge >= 0.3 is 10.4 Å². The van der Waals surface area contributed by atoms with Crippen LogP contribution in [0, 0.1) is 5.41 Å². The maximum atomic E-state index is 8.74. The average molecular weight is 245 g/mol. The van der Waals surface area contributed by atoms with Gasteiger partial charge in [0.05, 0.1) is 0 Å². The number of hydrogen-bond acceptors (Lipinski definition) is 5. The highest BCUT2D eigenvalue weighted by molar-refractivity contribution is 8.13. The molecular formula is C5H15N3O4S2. The number of nitrogens with one attached hydrogen (secondary N) is 1. The molecule has 0 amide bonds. The number of nitrogens with two attached hydrogens (primary N) is 2. The van der Waals surface area contributed by atoms with Crippen LogP contribution < -0.4 is 11.5 Å².